The average molecular weight is 625 g/mol. The van der Waals surface area contributed by atoms with Crippen molar-refractivity contribution in [2.45, 2.75) is 84.7 Å². The molecule has 0 bridgehead atoms. The topological polar surface area (TPSA) is 83.7 Å². The van der Waals surface area contributed by atoms with Crippen LogP contribution in [0.15, 0.2) is 65.4 Å². The third-order valence-corrected chi connectivity index (χ3v) is 15.0. The van der Waals surface area contributed by atoms with Gasteiger partial charge in [-0.25, -0.2) is 9.37 Å². The monoisotopic (exact) mass is 624 g/mol. The Morgan fingerprint density at radius 2 is 1.56 bits per heavy atom. The van der Waals surface area contributed by atoms with Crippen LogP contribution in [0, 0.1) is 0 Å². The third kappa shape index (κ3) is 6.24. The number of allylic oxidation sites excluding steroid dienone is 5. The molecule has 45 heavy (non-hydrogen) atoms. The number of nitrogens with zero attached hydrogens (tertiary/aromatic N) is 2. The molecule has 6 nitrogen and oxygen atoms in total. The molecule has 1 aliphatic carbocycles. The van der Waals surface area contributed by atoms with Crippen LogP contribution in [0.5, 0.6) is 0 Å². The van der Waals surface area contributed by atoms with Gasteiger partial charge in [-0.05, 0) is 87.9 Å². The van der Waals surface area contributed by atoms with Crippen molar-refractivity contribution in [2.24, 2.45) is 0 Å². The van der Waals surface area contributed by atoms with Gasteiger partial charge in [-0.1, -0.05) is 59.1 Å². The van der Waals surface area contributed by atoms with Crippen LogP contribution in [0.25, 0.3) is 5.57 Å². The molecule has 1 N–H and O–H groups in total. The Morgan fingerprint density at radius 1 is 0.867 bits per heavy atom. The van der Waals surface area contributed by atoms with E-state index in [1.165, 1.54) is 65.3 Å². The average Bonchev–Trinajstić information content (AvgIpc) is 3.05. The van der Waals surface area contributed by atoms with Crippen molar-refractivity contribution in [2.75, 3.05) is 31.1 Å². The second-order valence-electron chi connectivity index (χ2n) is 12.8. The maximum absolute atomic E-state index is 12.6. The summed E-state index contributed by atoms with van der Waals surface area (Å²) in [4.78, 5) is 27.2. The van der Waals surface area contributed by atoms with Gasteiger partial charge in [-0.3, -0.25) is 0 Å². The summed E-state index contributed by atoms with van der Waals surface area (Å²) >= 11 is 0. The maximum Gasteiger partial charge on any atom is 0.335 e. The third-order valence-electron chi connectivity index (χ3n) is 9.74. The van der Waals surface area contributed by atoms with Gasteiger partial charge in [0.05, 0.1) is 11.5 Å². The van der Waals surface area contributed by atoms with Gasteiger partial charge in [0, 0.05) is 49.3 Å². The van der Waals surface area contributed by atoms with E-state index in [0.29, 0.717) is 5.56 Å². The summed E-state index contributed by atoms with van der Waals surface area (Å²) in [5.41, 5.74) is 5.92. The Hall–Kier alpha value is -3.71. The normalized spacial score (nSPS) is 16.7. The van der Waals surface area contributed by atoms with Gasteiger partial charge in [-0.15, -0.1) is 0 Å². The summed E-state index contributed by atoms with van der Waals surface area (Å²) in [6.07, 6.45) is 14.7. The van der Waals surface area contributed by atoms with E-state index in [1.807, 2.05) is 0 Å². The quantitative estimate of drug-likeness (QED) is 0.220. The molecule has 2 heterocycles. The zero-order valence-electron chi connectivity index (χ0n) is 27.5. The number of aromatic carboxylic acids is 2. The van der Waals surface area contributed by atoms with Crippen LogP contribution in [0.1, 0.15) is 104 Å². The molecule has 7 heteroatoms. The fraction of sp³-hybridized carbons (Fsp3) is 0.447. The van der Waals surface area contributed by atoms with Crippen molar-refractivity contribution in [3.8, 4) is 0 Å². The summed E-state index contributed by atoms with van der Waals surface area (Å²) in [5.74, 6) is -2.37. The molecular formula is C38H48N2O4Si. The van der Waals surface area contributed by atoms with E-state index in [0.717, 1.165) is 68.6 Å². The van der Waals surface area contributed by atoms with Crippen LogP contribution < -0.4 is 15.2 Å². The van der Waals surface area contributed by atoms with E-state index in [2.05, 4.69) is 73.6 Å². The second-order valence-corrected chi connectivity index (χ2v) is 17.0. The van der Waals surface area contributed by atoms with Gasteiger partial charge < -0.3 is 19.9 Å². The molecule has 3 aliphatic rings. The van der Waals surface area contributed by atoms with Crippen LogP contribution in [0.3, 0.4) is 0 Å². The molecule has 0 unspecified atom stereocenters. The predicted octanol–water partition coefficient (Wildman–Crippen LogP) is 6.34. The number of rotatable bonds is 12. The zero-order chi connectivity index (χ0) is 32.1. The minimum atomic E-state index is -2.27. The molecule has 0 amide bonds. The van der Waals surface area contributed by atoms with Crippen LogP contribution in [-0.4, -0.2) is 61.6 Å². The number of carboxylic acids is 2. The van der Waals surface area contributed by atoms with Gasteiger partial charge in [0.15, 0.2) is 5.71 Å². The van der Waals surface area contributed by atoms with Crippen molar-refractivity contribution in [1.82, 2.24) is 0 Å². The molecule has 0 aromatic heterocycles. The highest BCUT2D eigenvalue weighted by Crippen LogP contribution is 2.48. The SMILES string of the molecule is CCCN(CCC)c1ccc2c(c1)[Si]1(CCCCC1)C1=CC(=[N+](CCC)CCC)C=CC1=C2c1cc(C(=O)O)ccc1C(=O)[O-]. The first-order chi connectivity index (χ1) is 21.8. The summed E-state index contributed by atoms with van der Waals surface area (Å²) in [7, 11) is -2.27. The summed E-state index contributed by atoms with van der Waals surface area (Å²) in [6, 6.07) is 13.5. The molecule has 2 aromatic carbocycles. The number of anilines is 1. The lowest BCUT2D eigenvalue weighted by Gasteiger charge is -2.45. The van der Waals surface area contributed by atoms with Crippen molar-refractivity contribution in [3.63, 3.8) is 0 Å². The summed E-state index contributed by atoms with van der Waals surface area (Å²) < 4.78 is 2.48. The smallest absolute Gasteiger partial charge is 0.335 e. The Kier molecular flexibility index (Phi) is 10.3. The van der Waals surface area contributed by atoms with Gasteiger partial charge in [0.1, 0.15) is 21.2 Å². The lowest BCUT2D eigenvalue weighted by Crippen LogP contribution is -2.55. The summed E-state index contributed by atoms with van der Waals surface area (Å²) in [6.45, 7) is 12.8. The van der Waals surface area contributed by atoms with Crippen molar-refractivity contribution < 1.29 is 24.4 Å². The number of hydrogen-bond acceptors (Lipinski definition) is 4. The van der Waals surface area contributed by atoms with Gasteiger partial charge >= 0.3 is 5.97 Å². The maximum atomic E-state index is 12.6. The number of fused-ring (bicyclic) bond motifs is 4. The van der Waals surface area contributed by atoms with Crippen molar-refractivity contribution in [3.05, 3.63) is 87.6 Å². The molecule has 5 rings (SSSR count). The molecule has 1 fully saturated rings. The Labute approximate surface area is 269 Å². The highest BCUT2D eigenvalue weighted by atomic mass is 28.3. The molecule has 1 saturated heterocycles. The highest BCUT2D eigenvalue weighted by Gasteiger charge is 2.48. The molecule has 1 spiro atoms. The molecular weight excluding hydrogens is 577 g/mol. The minimum absolute atomic E-state index is 0.0264. The molecule has 238 valence electrons. The first-order valence-corrected chi connectivity index (χ1v) is 19.5. The first kappa shape index (κ1) is 32.7. The van der Waals surface area contributed by atoms with Crippen LogP contribution in [0.4, 0.5) is 5.69 Å². The number of carboxylic acid groups (broad SMARTS) is 2. The predicted molar refractivity (Wildman–Crippen MR) is 185 cm³/mol. The van der Waals surface area contributed by atoms with E-state index in [1.54, 1.807) is 6.07 Å². The van der Waals surface area contributed by atoms with E-state index in [-0.39, 0.29) is 11.1 Å². The van der Waals surface area contributed by atoms with Crippen LogP contribution >= 0.6 is 0 Å². The van der Waals surface area contributed by atoms with Crippen LogP contribution in [0.2, 0.25) is 12.1 Å². The molecule has 2 aromatic rings. The number of carbonyl (C=O) groups excluding carboxylic acids is 1. The van der Waals surface area contributed by atoms with Crippen LogP contribution in [-0.2, 0) is 0 Å². The van der Waals surface area contributed by atoms with Gasteiger partial charge in [-0.2, -0.15) is 0 Å². The van der Waals surface area contributed by atoms with E-state index in [4.69, 9.17) is 0 Å². The standard InChI is InChI=1S/C38H48N2O4Si/c1-5-18-39(19-6-2)28-13-16-31-34(25-28)45(22-10-9-11-23-45)35-26-29(40(20-7-3)21-8-4)14-17-32(35)36(31)33-24-27(37(41)42)12-15-30(33)38(43)44/h12-17,24-26H,5-11,18-23H2,1-4H3,(H-,41,42,43,44). The van der Waals surface area contributed by atoms with E-state index >= 15 is 0 Å². The molecule has 0 atom stereocenters. The Balaban J connectivity index is 1.89. The van der Waals surface area contributed by atoms with Crippen molar-refractivity contribution >= 4 is 42.2 Å². The highest BCUT2D eigenvalue weighted by molar-refractivity contribution is 7.00. The lowest BCUT2D eigenvalue weighted by molar-refractivity contribution is -0.526. The minimum Gasteiger partial charge on any atom is -0.545 e. The zero-order valence-corrected chi connectivity index (χ0v) is 28.5. The Bertz CT molecular complexity index is 1580. The summed E-state index contributed by atoms with van der Waals surface area (Å²) in [5, 5.41) is 25.3. The van der Waals surface area contributed by atoms with E-state index in [9.17, 15) is 19.8 Å². The molecule has 0 saturated carbocycles. The second kappa shape index (κ2) is 14.2. The van der Waals surface area contributed by atoms with Gasteiger partial charge in [0.2, 0.25) is 0 Å². The number of hydrogen-bond donors (Lipinski definition) is 1. The Morgan fingerprint density at radius 3 is 2.16 bits per heavy atom. The largest absolute Gasteiger partial charge is 0.545 e. The lowest BCUT2D eigenvalue weighted by atomic mass is 9.86. The van der Waals surface area contributed by atoms with E-state index < -0.39 is 20.0 Å². The molecule has 2 aliphatic heterocycles. The number of benzene rings is 2. The fourth-order valence-corrected chi connectivity index (χ4v) is 13.5. The fourth-order valence-electron chi connectivity index (χ4n) is 7.84. The van der Waals surface area contributed by atoms with Gasteiger partial charge in [0.25, 0.3) is 0 Å². The first-order valence-electron chi connectivity index (χ1n) is 17.0. The molecule has 0 radical (unpaired) electrons. The van der Waals surface area contributed by atoms with Crippen molar-refractivity contribution in [1.29, 1.82) is 0 Å². The number of carbonyl (C=O) groups is 2.